The first-order chi connectivity index (χ1) is 8.49. The van der Waals surface area contributed by atoms with Crippen LogP contribution in [0.5, 0.6) is 0 Å². The van der Waals surface area contributed by atoms with E-state index in [9.17, 15) is 9.59 Å². The molecule has 1 atom stereocenters. The van der Waals surface area contributed by atoms with E-state index in [1.807, 2.05) is 0 Å². The van der Waals surface area contributed by atoms with Gasteiger partial charge in [0, 0.05) is 19.3 Å². The van der Waals surface area contributed by atoms with Gasteiger partial charge in [0.05, 0.1) is 10.6 Å². The first kappa shape index (κ1) is 14.4. The van der Waals surface area contributed by atoms with E-state index in [-0.39, 0.29) is 17.1 Å². The van der Waals surface area contributed by atoms with Crippen molar-refractivity contribution in [2.24, 2.45) is 5.73 Å². The number of nitrogens with one attached hydrogen (secondary N) is 1. The van der Waals surface area contributed by atoms with Gasteiger partial charge >= 0.3 is 5.97 Å². The molecule has 1 amide bonds. The summed E-state index contributed by atoms with van der Waals surface area (Å²) in [5, 5.41) is 11.5. The molecule has 0 fully saturated rings. The molecule has 0 aliphatic carbocycles. The second kappa shape index (κ2) is 6.34. The molecule has 1 rings (SSSR count). The highest BCUT2D eigenvalue weighted by molar-refractivity contribution is 6.33. The predicted molar refractivity (Wildman–Crippen MR) is 66.9 cm³/mol. The Morgan fingerprint density at radius 2 is 2.22 bits per heavy atom. The number of carboxylic acids is 1. The van der Waals surface area contributed by atoms with Crippen LogP contribution < -0.4 is 11.1 Å². The molecule has 0 spiro atoms. The summed E-state index contributed by atoms with van der Waals surface area (Å²) in [6, 6.07) is 4.16. The normalized spacial score (nSPS) is 11.9. The Hall–Kier alpha value is -1.63. The zero-order valence-corrected chi connectivity index (χ0v) is 10.4. The molecule has 0 bridgehead atoms. The highest BCUT2D eigenvalue weighted by atomic mass is 35.5. The summed E-state index contributed by atoms with van der Waals surface area (Å²) in [6.45, 7) is 0.0295. The molecule has 0 heterocycles. The van der Waals surface area contributed by atoms with Crippen LogP contribution in [0.4, 0.5) is 5.69 Å². The Balaban J connectivity index is 2.89. The lowest BCUT2D eigenvalue weighted by atomic mass is 10.2. The highest BCUT2D eigenvalue weighted by Gasteiger charge is 2.17. The van der Waals surface area contributed by atoms with Gasteiger partial charge in [0.1, 0.15) is 6.10 Å². The molecule has 1 unspecified atom stereocenters. The molecule has 0 aromatic heterocycles. The number of ether oxygens (including phenoxy) is 1. The van der Waals surface area contributed by atoms with Crippen LogP contribution in [0.15, 0.2) is 18.2 Å². The number of methoxy groups -OCH3 is 1. The van der Waals surface area contributed by atoms with E-state index >= 15 is 0 Å². The number of hydrogen-bond acceptors (Lipinski definition) is 4. The van der Waals surface area contributed by atoms with Gasteiger partial charge in [0.2, 0.25) is 0 Å². The minimum atomic E-state index is -1.17. The lowest BCUT2D eigenvalue weighted by Gasteiger charge is -2.13. The Kier molecular flexibility index (Phi) is 5.08. The Morgan fingerprint density at radius 1 is 1.56 bits per heavy atom. The summed E-state index contributed by atoms with van der Waals surface area (Å²) in [4.78, 5) is 22.5. The van der Waals surface area contributed by atoms with E-state index in [2.05, 4.69) is 5.32 Å². The van der Waals surface area contributed by atoms with Crippen LogP contribution in [-0.2, 0) is 9.53 Å². The SMILES string of the molecule is COC(CN)C(=O)Nc1ccc(Cl)c(C(=O)O)c1. The molecule has 98 valence electrons. The molecule has 0 radical (unpaired) electrons. The highest BCUT2D eigenvalue weighted by Crippen LogP contribution is 2.20. The topological polar surface area (TPSA) is 102 Å². The summed E-state index contributed by atoms with van der Waals surface area (Å²) < 4.78 is 4.86. The first-order valence-electron chi connectivity index (χ1n) is 5.06. The third kappa shape index (κ3) is 3.43. The molecule has 0 saturated carbocycles. The van der Waals surface area contributed by atoms with Gasteiger partial charge in [-0.2, -0.15) is 0 Å². The van der Waals surface area contributed by atoms with Gasteiger partial charge in [-0.15, -0.1) is 0 Å². The number of benzene rings is 1. The van der Waals surface area contributed by atoms with Crippen molar-refractivity contribution < 1.29 is 19.4 Å². The molecule has 4 N–H and O–H groups in total. The molecule has 18 heavy (non-hydrogen) atoms. The van der Waals surface area contributed by atoms with E-state index < -0.39 is 18.0 Å². The van der Waals surface area contributed by atoms with Gasteiger partial charge in [0.15, 0.2) is 0 Å². The third-order valence-electron chi connectivity index (χ3n) is 2.26. The van der Waals surface area contributed by atoms with Gasteiger partial charge in [0.25, 0.3) is 5.91 Å². The fraction of sp³-hybridized carbons (Fsp3) is 0.273. The number of amides is 1. The zero-order valence-electron chi connectivity index (χ0n) is 9.64. The number of nitrogens with two attached hydrogens (primary N) is 1. The van der Waals surface area contributed by atoms with Crippen molar-refractivity contribution in [3.63, 3.8) is 0 Å². The molecule has 0 aliphatic rings. The maximum atomic E-state index is 11.6. The fourth-order valence-corrected chi connectivity index (χ4v) is 1.50. The average molecular weight is 273 g/mol. The van der Waals surface area contributed by atoms with E-state index in [0.717, 1.165) is 0 Å². The smallest absolute Gasteiger partial charge is 0.337 e. The van der Waals surface area contributed by atoms with Gasteiger partial charge in [-0.25, -0.2) is 4.79 Å². The van der Waals surface area contributed by atoms with Gasteiger partial charge in [-0.3, -0.25) is 4.79 Å². The summed E-state index contributed by atoms with van der Waals surface area (Å²) in [7, 11) is 1.36. The van der Waals surface area contributed by atoms with Crippen LogP contribution in [0, 0.1) is 0 Å². The molecule has 1 aromatic rings. The van der Waals surface area contributed by atoms with Crippen molar-refractivity contribution in [3.8, 4) is 0 Å². The van der Waals surface area contributed by atoms with Crippen molar-refractivity contribution in [2.45, 2.75) is 6.10 Å². The Labute approximate surface area is 109 Å². The average Bonchev–Trinajstić information content (AvgIpc) is 2.32. The monoisotopic (exact) mass is 272 g/mol. The lowest BCUT2D eigenvalue weighted by molar-refractivity contribution is -0.125. The van der Waals surface area contributed by atoms with E-state index in [0.29, 0.717) is 5.69 Å². The summed E-state index contributed by atoms with van der Waals surface area (Å²) in [5.74, 6) is -1.61. The van der Waals surface area contributed by atoms with E-state index in [1.54, 1.807) is 0 Å². The molecule has 0 saturated heterocycles. The number of carboxylic acid groups (broad SMARTS) is 1. The number of rotatable bonds is 5. The third-order valence-corrected chi connectivity index (χ3v) is 2.58. The zero-order chi connectivity index (χ0) is 13.7. The number of carbonyl (C=O) groups is 2. The van der Waals surface area contributed by atoms with Gasteiger partial charge in [-0.1, -0.05) is 11.6 Å². The van der Waals surface area contributed by atoms with Gasteiger partial charge < -0.3 is 20.9 Å². The number of halogens is 1. The van der Waals surface area contributed by atoms with Crippen molar-refractivity contribution in [1.29, 1.82) is 0 Å². The number of carbonyl (C=O) groups excluding carboxylic acids is 1. The van der Waals surface area contributed by atoms with Crippen molar-refractivity contribution >= 4 is 29.2 Å². The first-order valence-corrected chi connectivity index (χ1v) is 5.44. The quantitative estimate of drug-likeness (QED) is 0.741. The summed E-state index contributed by atoms with van der Waals surface area (Å²) in [5.41, 5.74) is 5.57. The van der Waals surface area contributed by atoms with E-state index in [1.165, 1.54) is 25.3 Å². The Bertz CT molecular complexity index is 460. The van der Waals surface area contributed by atoms with Crippen LogP contribution in [-0.4, -0.2) is 36.7 Å². The Morgan fingerprint density at radius 3 is 2.72 bits per heavy atom. The number of aromatic carboxylic acids is 1. The van der Waals surface area contributed by atoms with Crippen LogP contribution in [0.2, 0.25) is 5.02 Å². The molecule has 7 heteroatoms. The molecular formula is C11H13ClN2O4. The van der Waals surface area contributed by atoms with Crippen LogP contribution in [0.1, 0.15) is 10.4 Å². The van der Waals surface area contributed by atoms with Crippen molar-refractivity contribution in [2.75, 3.05) is 19.0 Å². The maximum absolute atomic E-state index is 11.6. The minimum Gasteiger partial charge on any atom is -0.478 e. The summed E-state index contributed by atoms with van der Waals surface area (Å²) >= 11 is 5.71. The van der Waals surface area contributed by atoms with Crippen molar-refractivity contribution in [3.05, 3.63) is 28.8 Å². The van der Waals surface area contributed by atoms with Crippen LogP contribution in [0.25, 0.3) is 0 Å². The largest absolute Gasteiger partial charge is 0.478 e. The summed E-state index contributed by atoms with van der Waals surface area (Å²) in [6.07, 6.45) is -0.783. The number of anilines is 1. The standard InChI is InChI=1S/C11H13ClN2O4/c1-18-9(5-13)10(15)14-6-2-3-8(12)7(4-6)11(16)17/h2-4,9H,5,13H2,1H3,(H,14,15)(H,16,17). The second-order valence-electron chi connectivity index (χ2n) is 3.45. The second-order valence-corrected chi connectivity index (χ2v) is 3.86. The minimum absolute atomic E-state index is 0.0295. The maximum Gasteiger partial charge on any atom is 0.337 e. The van der Waals surface area contributed by atoms with Crippen LogP contribution >= 0.6 is 11.6 Å². The molecule has 1 aromatic carbocycles. The molecule has 6 nitrogen and oxygen atoms in total. The fourth-order valence-electron chi connectivity index (χ4n) is 1.30. The molecular weight excluding hydrogens is 260 g/mol. The number of hydrogen-bond donors (Lipinski definition) is 3. The lowest BCUT2D eigenvalue weighted by Crippen LogP contribution is -2.35. The van der Waals surface area contributed by atoms with E-state index in [4.69, 9.17) is 27.2 Å². The van der Waals surface area contributed by atoms with Crippen molar-refractivity contribution in [1.82, 2.24) is 0 Å². The predicted octanol–water partition coefficient (Wildman–Crippen LogP) is 0.950. The van der Waals surface area contributed by atoms with Gasteiger partial charge in [-0.05, 0) is 18.2 Å². The van der Waals surface area contributed by atoms with Crippen LogP contribution in [0.3, 0.4) is 0 Å². The molecule has 0 aliphatic heterocycles.